The Bertz CT molecular complexity index is 673. The van der Waals surface area contributed by atoms with Crippen LogP contribution < -0.4 is 10.5 Å². The van der Waals surface area contributed by atoms with E-state index in [1.54, 1.807) is 17.6 Å². The predicted octanol–water partition coefficient (Wildman–Crippen LogP) is 3.32. The van der Waals surface area contributed by atoms with Crippen LogP contribution in [0.2, 0.25) is 0 Å². The molecule has 2 aromatic heterocycles. The second-order valence-corrected chi connectivity index (χ2v) is 5.14. The third-order valence-corrected chi connectivity index (χ3v) is 3.55. The molecule has 1 atom stereocenters. The van der Waals surface area contributed by atoms with Gasteiger partial charge in [-0.25, -0.2) is 9.97 Å². The number of thiazole rings is 1. The van der Waals surface area contributed by atoms with Crippen LogP contribution in [0.1, 0.15) is 28.8 Å². The van der Waals surface area contributed by atoms with E-state index in [4.69, 9.17) is 15.7 Å². The number of ether oxygens (including phenoxy) is 1. The molecule has 0 bridgehead atoms. The number of hydrogen-bond acceptors (Lipinski definition) is 6. The first-order valence-corrected chi connectivity index (χ1v) is 7.08. The van der Waals surface area contributed by atoms with Gasteiger partial charge in [0.1, 0.15) is 22.3 Å². The van der Waals surface area contributed by atoms with Crippen LogP contribution in [0.15, 0.2) is 23.7 Å². The number of halogens is 4. The minimum absolute atomic E-state index is 0. The maximum Gasteiger partial charge on any atom is 0.433 e. The van der Waals surface area contributed by atoms with E-state index in [2.05, 4.69) is 9.97 Å². The topological polar surface area (TPSA) is 84.8 Å². The summed E-state index contributed by atoms with van der Waals surface area (Å²) in [5, 5.41) is 11.3. The second kappa shape index (κ2) is 8.10. The van der Waals surface area contributed by atoms with Crippen molar-refractivity contribution in [3.63, 3.8) is 0 Å². The number of nitrogens with zero attached hydrogens (tertiary/aromatic N) is 3. The summed E-state index contributed by atoms with van der Waals surface area (Å²) >= 11 is 1.29. The van der Waals surface area contributed by atoms with Crippen molar-refractivity contribution in [2.24, 2.45) is 5.73 Å². The standard InChI is InChI=1S/C13H11F3N4OS.ClH/c14-13(15,16)10-2-1-8(7-18)11(20-10)21-9(3-4-17)12-19-5-6-22-12;/h1-2,5-6,9H,3-4,17H2;1H/t9-;/m1./s1. The van der Waals surface area contributed by atoms with E-state index >= 15 is 0 Å². The molecule has 2 N–H and O–H groups in total. The Labute approximate surface area is 140 Å². The van der Waals surface area contributed by atoms with Gasteiger partial charge in [0.25, 0.3) is 0 Å². The van der Waals surface area contributed by atoms with E-state index in [0.717, 1.165) is 12.1 Å². The lowest BCUT2D eigenvalue weighted by atomic mass is 10.2. The lowest BCUT2D eigenvalue weighted by molar-refractivity contribution is -0.141. The van der Waals surface area contributed by atoms with E-state index in [9.17, 15) is 13.2 Å². The molecular formula is C13H12ClF3N4OS. The van der Waals surface area contributed by atoms with Gasteiger partial charge < -0.3 is 10.5 Å². The van der Waals surface area contributed by atoms with Crippen LogP contribution >= 0.6 is 23.7 Å². The molecule has 2 rings (SSSR count). The fourth-order valence-electron chi connectivity index (χ4n) is 1.69. The highest BCUT2D eigenvalue weighted by molar-refractivity contribution is 7.09. The molecule has 23 heavy (non-hydrogen) atoms. The van der Waals surface area contributed by atoms with Gasteiger partial charge in [-0.05, 0) is 18.7 Å². The van der Waals surface area contributed by atoms with E-state index in [1.807, 2.05) is 0 Å². The van der Waals surface area contributed by atoms with Crippen LogP contribution in [-0.4, -0.2) is 16.5 Å². The Kier molecular flexibility index (Phi) is 6.75. The van der Waals surface area contributed by atoms with Crippen molar-refractivity contribution >= 4 is 23.7 Å². The van der Waals surface area contributed by atoms with Crippen molar-refractivity contribution in [3.8, 4) is 11.9 Å². The fraction of sp³-hybridized carbons (Fsp3) is 0.308. The molecule has 0 aliphatic heterocycles. The van der Waals surface area contributed by atoms with Crippen molar-refractivity contribution in [2.75, 3.05) is 6.54 Å². The van der Waals surface area contributed by atoms with E-state index < -0.39 is 18.0 Å². The number of alkyl halides is 3. The van der Waals surface area contributed by atoms with Crippen molar-refractivity contribution in [1.82, 2.24) is 9.97 Å². The van der Waals surface area contributed by atoms with Crippen LogP contribution in [0, 0.1) is 11.3 Å². The molecular weight excluding hydrogens is 353 g/mol. The van der Waals surface area contributed by atoms with Crippen molar-refractivity contribution < 1.29 is 17.9 Å². The molecule has 0 aliphatic carbocycles. The summed E-state index contributed by atoms with van der Waals surface area (Å²) < 4.78 is 43.7. The van der Waals surface area contributed by atoms with Gasteiger partial charge in [0.15, 0.2) is 6.10 Å². The highest BCUT2D eigenvalue weighted by Gasteiger charge is 2.33. The van der Waals surface area contributed by atoms with Crippen molar-refractivity contribution in [1.29, 1.82) is 5.26 Å². The molecule has 0 saturated carbocycles. The molecule has 0 saturated heterocycles. The summed E-state index contributed by atoms with van der Waals surface area (Å²) in [4.78, 5) is 7.48. The Hall–Kier alpha value is -1.89. The molecule has 10 heteroatoms. The normalized spacial score (nSPS) is 12.1. The Balaban J connectivity index is 0.00000264. The largest absolute Gasteiger partial charge is 0.466 e. The van der Waals surface area contributed by atoms with Crippen molar-refractivity contribution in [3.05, 3.63) is 40.0 Å². The van der Waals surface area contributed by atoms with Gasteiger partial charge in [-0.1, -0.05) is 0 Å². The summed E-state index contributed by atoms with van der Waals surface area (Å²) in [5.41, 5.74) is 4.29. The Morgan fingerprint density at radius 1 is 1.39 bits per heavy atom. The third kappa shape index (κ3) is 4.79. The van der Waals surface area contributed by atoms with Gasteiger partial charge >= 0.3 is 6.18 Å². The Morgan fingerprint density at radius 3 is 2.65 bits per heavy atom. The molecule has 5 nitrogen and oxygen atoms in total. The lowest BCUT2D eigenvalue weighted by Crippen LogP contribution is -2.16. The minimum atomic E-state index is -4.61. The number of aromatic nitrogens is 2. The van der Waals surface area contributed by atoms with Gasteiger partial charge in [0.2, 0.25) is 5.88 Å². The first-order valence-electron chi connectivity index (χ1n) is 6.20. The van der Waals surface area contributed by atoms with Crippen LogP contribution in [0.3, 0.4) is 0 Å². The third-order valence-electron chi connectivity index (χ3n) is 2.68. The van der Waals surface area contributed by atoms with Crippen LogP contribution in [0.5, 0.6) is 5.88 Å². The molecule has 2 aromatic rings. The van der Waals surface area contributed by atoms with Gasteiger partial charge in [-0.3, -0.25) is 0 Å². The van der Waals surface area contributed by atoms with Gasteiger partial charge in [0.05, 0.1) is 0 Å². The van der Waals surface area contributed by atoms with Gasteiger partial charge in [0, 0.05) is 18.0 Å². The number of pyridine rings is 1. The van der Waals surface area contributed by atoms with Gasteiger partial charge in [-0.2, -0.15) is 18.4 Å². The Morgan fingerprint density at radius 2 is 2.13 bits per heavy atom. The minimum Gasteiger partial charge on any atom is -0.466 e. The maximum atomic E-state index is 12.7. The predicted molar refractivity (Wildman–Crippen MR) is 80.4 cm³/mol. The lowest BCUT2D eigenvalue weighted by Gasteiger charge is -2.17. The molecule has 0 spiro atoms. The van der Waals surface area contributed by atoms with Crippen LogP contribution in [-0.2, 0) is 6.18 Å². The summed E-state index contributed by atoms with van der Waals surface area (Å²) in [7, 11) is 0. The van der Waals surface area contributed by atoms with E-state index in [1.165, 1.54) is 11.3 Å². The molecule has 0 radical (unpaired) electrons. The molecule has 0 fully saturated rings. The molecule has 124 valence electrons. The number of hydrogen-bond donors (Lipinski definition) is 1. The molecule has 2 heterocycles. The van der Waals surface area contributed by atoms with E-state index in [0.29, 0.717) is 11.4 Å². The molecule has 0 aromatic carbocycles. The SMILES string of the molecule is Cl.N#Cc1ccc(C(F)(F)F)nc1O[C@H](CCN)c1nccs1. The summed E-state index contributed by atoms with van der Waals surface area (Å²) in [6.07, 6.45) is -3.36. The average molecular weight is 365 g/mol. The zero-order chi connectivity index (χ0) is 16.2. The molecule has 0 unspecified atom stereocenters. The van der Waals surface area contributed by atoms with Crippen LogP contribution in [0.4, 0.5) is 13.2 Å². The quantitative estimate of drug-likeness (QED) is 0.879. The molecule has 0 amide bonds. The van der Waals surface area contributed by atoms with Crippen LogP contribution in [0.25, 0.3) is 0 Å². The number of nitriles is 1. The van der Waals surface area contributed by atoms with E-state index in [-0.39, 0.29) is 30.4 Å². The second-order valence-electron chi connectivity index (χ2n) is 4.21. The van der Waals surface area contributed by atoms with Gasteiger partial charge in [-0.15, -0.1) is 23.7 Å². The summed E-state index contributed by atoms with van der Waals surface area (Å²) in [6, 6.07) is 3.54. The smallest absolute Gasteiger partial charge is 0.433 e. The number of nitrogens with two attached hydrogens (primary N) is 1. The first kappa shape index (κ1) is 19.2. The zero-order valence-corrected chi connectivity index (χ0v) is 13.2. The monoisotopic (exact) mass is 364 g/mol. The number of rotatable bonds is 5. The summed E-state index contributed by atoms with van der Waals surface area (Å²) in [6.45, 7) is 0.255. The molecule has 0 aliphatic rings. The average Bonchev–Trinajstić information content (AvgIpc) is 3.00. The summed E-state index contributed by atoms with van der Waals surface area (Å²) in [5.74, 6) is -0.369. The van der Waals surface area contributed by atoms with Crippen molar-refractivity contribution in [2.45, 2.75) is 18.7 Å². The maximum absolute atomic E-state index is 12.7. The highest BCUT2D eigenvalue weighted by Crippen LogP contribution is 2.32. The fourth-order valence-corrected chi connectivity index (χ4v) is 2.39. The highest BCUT2D eigenvalue weighted by atomic mass is 35.5. The first-order chi connectivity index (χ1) is 10.5. The zero-order valence-electron chi connectivity index (χ0n) is 11.6.